The smallest absolute Gasteiger partial charge is 0.130 e. The van der Waals surface area contributed by atoms with Crippen molar-refractivity contribution in [3.8, 4) is 5.75 Å². The maximum atomic E-state index is 6.03. The van der Waals surface area contributed by atoms with Gasteiger partial charge in [-0.2, -0.15) is 5.10 Å². The Morgan fingerprint density at radius 2 is 1.81 bits per heavy atom. The van der Waals surface area contributed by atoms with E-state index < -0.39 is 0 Å². The molecule has 1 N–H and O–H groups in total. The van der Waals surface area contributed by atoms with Crippen LogP contribution in [-0.4, -0.2) is 16.3 Å². The SMILES string of the molecule is CCNCc1cc(C)c(OCc2cc(C)nn2C)c(C)c1. The molecule has 0 spiro atoms. The summed E-state index contributed by atoms with van der Waals surface area (Å²) in [6.45, 7) is 10.8. The van der Waals surface area contributed by atoms with E-state index in [0.29, 0.717) is 6.61 Å². The van der Waals surface area contributed by atoms with Gasteiger partial charge >= 0.3 is 0 Å². The van der Waals surface area contributed by atoms with Gasteiger partial charge in [0.1, 0.15) is 12.4 Å². The topological polar surface area (TPSA) is 39.1 Å². The summed E-state index contributed by atoms with van der Waals surface area (Å²) in [5, 5.41) is 7.70. The Kier molecular flexibility index (Phi) is 5.02. The van der Waals surface area contributed by atoms with E-state index in [-0.39, 0.29) is 0 Å². The van der Waals surface area contributed by atoms with Crippen LogP contribution >= 0.6 is 0 Å². The predicted octanol–water partition coefficient (Wildman–Crippen LogP) is 3.03. The molecule has 0 atom stereocenters. The van der Waals surface area contributed by atoms with Crippen molar-refractivity contribution in [2.24, 2.45) is 7.05 Å². The van der Waals surface area contributed by atoms with Gasteiger partial charge in [0.25, 0.3) is 0 Å². The number of hydrogen-bond donors (Lipinski definition) is 1. The Morgan fingerprint density at radius 3 is 2.33 bits per heavy atom. The quantitative estimate of drug-likeness (QED) is 0.887. The predicted molar refractivity (Wildman–Crippen MR) is 85.6 cm³/mol. The van der Waals surface area contributed by atoms with Crippen LogP contribution in [0.4, 0.5) is 0 Å². The first kappa shape index (κ1) is 15.6. The lowest BCUT2D eigenvalue weighted by atomic mass is 10.1. The molecule has 0 aliphatic heterocycles. The fraction of sp³-hybridized carbons (Fsp3) is 0.471. The molecule has 0 unspecified atom stereocenters. The van der Waals surface area contributed by atoms with Gasteiger partial charge in [-0.15, -0.1) is 0 Å². The summed E-state index contributed by atoms with van der Waals surface area (Å²) < 4.78 is 7.90. The van der Waals surface area contributed by atoms with Crippen LogP contribution in [0.15, 0.2) is 18.2 Å². The van der Waals surface area contributed by atoms with Gasteiger partial charge in [-0.25, -0.2) is 0 Å². The van der Waals surface area contributed by atoms with Crippen molar-refractivity contribution in [3.05, 3.63) is 46.3 Å². The number of aromatic nitrogens is 2. The van der Waals surface area contributed by atoms with Crippen LogP contribution in [0.3, 0.4) is 0 Å². The molecular formula is C17H25N3O. The van der Waals surface area contributed by atoms with Gasteiger partial charge in [-0.1, -0.05) is 19.1 Å². The van der Waals surface area contributed by atoms with E-state index in [1.165, 1.54) is 16.7 Å². The summed E-state index contributed by atoms with van der Waals surface area (Å²) in [4.78, 5) is 0. The van der Waals surface area contributed by atoms with Crippen LogP contribution in [0.2, 0.25) is 0 Å². The van der Waals surface area contributed by atoms with E-state index in [4.69, 9.17) is 4.74 Å². The van der Waals surface area contributed by atoms with Crippen molar-refractivity contribution in [1.82, 2.24) is 15.1 Å². The first-order chi connectivity index (χ1) is 10.0. The Balaban J connectivity index is 2.11. The maximum absolute atomic E-state index is 6.03. The minimum absolute atomic E-state index is 0.547. The summed E-state index contributed by atoms with van der Waals surface area (Å²) in [6.07, 6.45) is 0. The van der Waals surface area contributed by atoms with Crippen molar-refractivity contribution < 1.29 is 4.74 Å². The Hall–Kier alpha value is -1.81. The zero-order chi connectivity index (χ0) is 15.4. The normalized spacial score (nSPS) is 10.9. The van der Waals surface area contributed by atoms with Crippen molar-refractivity contribution in [2.45, 2.75) is 40.8 Å². The number of ether oxygens (including phenoxy) is 1. The zero-order valence-electron chi connectivity index (χ0n) is 13.7. The third kappa shape index (κ3) is 3.85. The molecule has 0 aliphatic rings. The van der Waals surface area contributed by atoms with E-state index in [2.05, 4.69) is 49.4 Å². The van der Waals surface area contributed by atoms with Crippen LogP contribution in [0.5, 0.6) is 5.75 Å². The molecule has 2 rings (SSSR count). The van der Waals surface area contributed by atoms with Gasteiger partial charge in [-0.3, -0.25) is 4.68 Å². The number of nitrogens with zero attached hydrogens (tertiary/aromatic N) is 2. The molecular weight excluding hydrogens is 262 g/mol. The van der Waals surface area contributed by atoms with Gasteiger partial charge in [0.2, 0.25) is 0 Å². The molecule has 0 saturated carbocycles. The summed E-state index contributed by atoms with van der Waals surface area (Å²) in [5.74, 6) is 0.981. The van der Waals surface area contributed by atoms with Crippen LogP contribution in [-0.2, 0) is 20.2 Å². The fourth-order valence-electron chi connectivity index (χ4n) is 2.58. The maximum Gasteiger partial charge on any atom is 0.130 e. The van der Waals surface area contributed by atoms with Gasteiger partial charge in [0, 0.05) is 13.6 Å². The van der Waals surface area contributed by atoms with Crippen molar-refractivity contribution in [3.63, 3.8) is 0 Å². The van der Waals surface area contributed by atoms with E-state index in [9.17, 15) is 0 Å². The molecule has 1 aromatic carbocycles. The highest BCUT2D eigenvalue weighted by molar-refractivity contribution is 5.43. The molecule has 1 heterocycles. The summed E-state index contributed by atoms with van der Waals surface area (Å²) >= 11 is 0. The minimum Gasteiger partial charge on any atom is -0.487 e. The molecule has 2 aromatic rings. The number of nitrogens with one attached hydrogen (secondary N) is 1. The van der Waals surface area contributed by atoms with E-state index in [1.807, 2.05) is 18.7 Å². The van der Waals surface area contributed by atoms with E-state index in [0.717, 1.165) is 30.2 Å². The van der Waals surface area contributed by atoms with Crippen molar-refractivity contribution in [2.75, 3.05) is 6.54 Å². The van der Waals surface area contributed by atoms with Crippen molar-refractivity contribution in [1.29, 1.82) is 0 Å². The Bertz CT molecular complexity index is 593. The summed E-state index contributed by atoms with van der Waals surface area (Å²) in [6, 6.07) is 6.45. The van der Waals surface area contributed by atoms with Crippen LogP contribution in [0, 0.1) is 20.8 Å². The first-order valence-corrected chi connectivity index (χ1v) is 7.44. The van der Waals surface area contributed by atoms with Gasteiger partial charge in [0.05, 0.1) is 11.4 Å². The van der Waals surface area contributed by atoms with Gasteiger partial charge in [-0.05, 0) is 50.1 Å². The third-order valence-electron chi connectivity index (χ3n) is 3.56. The lowest BCUT2D eigenvalue weighted by Gasteiger charge is -2.14. The molecule has 4 nitrogen and oxygen atoms in total. The molecule has 0 radical (unpaired) electrons. The minimum atomic E-state index is 0.547. The third-order valence-corrected chi connectivity index (χ3v) is 3.56. The average Bonchev–Trinajstić information content (AvgIpc) is 2.74. The zero-order valence-corrected chi connectivity index (χ0v) is 13.7. The van der Waals surface area contributed by atoms with Gasteiger partial charge < -0.3 is 10.1 Å². The summed E-state index contributed by atoms with van der Waals surface area (Å²) in [7, 11) is 1.95. The molecule has 0 aliphatic carbocycles. The Morgan fingerprint density at radius 1 is 1.14 bits per heavy atom. The monoisotopic (exact) mass is 287 g/mol. The second kappa shape index (κ2) is 6.76. The number of rotatable bonds is 6. The van der Waals surface area contributed by atoms with E-state index >= 15 is 0 Å². The number of hydrogen-bond acceptors (Lipinski definition) is 3. The first-order valence-electron chi connectivity index (χ1n) is 7.44. The molecule has 1 aromatic heterocycles. The van der Waals surface area contributed by atoms with Crippen LogP contribution in [0.25, 0.3) is 0 Å². The fourth-order valence-corrected chi connectivity index (χ4v) is 2.58. The molecule has 4 heteroatoms. The molecule has 0 bridgehead atoms. The second-order valence-electron chi connectivity index (χ2n) is 5.53. The van der Waals surface area contributed by atoms with Crippen LogP contribution in [0.1, 0.15) is 35.0 Å². The lowest BCUT2D eigenvalue weighted by Crippen LogP contribution is -2.12. The average molecular weight is 287 g/mol. The molecule has 114 valence electrons. The lowest BCUT2D eigenvalue weighted by molar-refractivity contribution is 0.291. The highest BCUT2D eigenvalue weighted by Gasteiger charge is 2.09. The number of benzene rings is 1. The molecule has 0 amide bonds. The largest absolute Gasteiger partial charge is 0.487 e. The van der Waals surface area contributed by atoms with Crippen LogP contribution < -0.4 is 10.1 Å². The molecule has 0 fully saturated rings. The molecule has 21 heavy (non-hydrogen) atoms. The highest BCUT2D eigenvalue weighted by atomic mass is 16.5. The standard InChI is InChI=1S/C17H25N3O/c1-6-18-10-15-7-12(2)17(13(3)8-15)21-11-16-9-14(4)19-20(16)5/h7-9,18H,6,10-11H2,1-5H3. The molecule has 0 saturated heterocycles. The van der Waals surface area contributed by atoms with E-state index in [1.54, 1.807) is 0 Å². The van der Waals surface area contributed by atoms with Gasteiger partial charge in [0.15, 0.2) is 0 Å². The Labute approximate surface area is 127 Å². The summed E-state index contributed by atoms with van der Waals surface area (Å²) in [5.41, 5.74) is 5.77. The van der Waals surface area contributed by atoms with Crippen molar-refractivity contribution >= 4 is 0 Å². The highest BCUT2D eigenvalue weighted by Crippen LogP contribution is 2.25. The number of aryl methyl sites for hydroxylation is 4. The second-order valence-corrected chi connectivity index (χ2v) is 5.53.